The van der Waals surface area contributed by atoms with Crippen LogP contribution < -0.4 is 24.4 Å². The van der Waals surface area contributed by atoms with E-state index in [9.17, 15) is 9.59 Å². The second-order valence-electron chi connectivity index (χ2n) is 10.5. The Hall–Kier alpha value is -3.17. The zero-order valence-electron chi connectivity index (χ0n) is 25.5. The first-order chi connectivity index (χ1) is 23.2. The number of thiazole rings is 1. The largest absolute Gasteiger partial charge is 0.497 e. The second-order valence-corrected chi connectivity index (χ2v) is 14.7. The quantitative estimate of drug-likeness (QED) is 0.111. The van der Waals surface area contributed by atoms with Gasteiger partial charge in [0.2, 0.25) is 0 Å². The van der Waals surface area contributed by atoms with Gasteiger partial charge in [-0.3, -0.25) is 9.36 Å². The van der Waals surface area contributed by atoms with Gasteiger partial charge in [0.15, 0.2) is 4.80 Å². The molecule has 5 aromatic rings. The van der Waals surface area contributed by atoms with Crippen molar-refractivity contribution in [1.29, 1.82) is 0 Å². The van der Waals surface area contributed by atoms with Gasteiger partial charge in [-0.05, 0) is 106 Å². The highest BCUT2D eigenvalue weighted by molar-refractivity contribution is 14.1. The molecule has 7 nitrogen and oxygen atoms in total. The maximum atomic E-state index is 14.3. The predicted octanol–water partition coefficient (Wildman–Crippen LogP) is 8.04. The molecule has 0 fully saturated rings. The normalized spacial score (nSPS) is 14.4. The summed E-state index contributed by atoms with van der Waals surface area (Å²) in [6, 6.07) is 25.2. The van der Waals surface area contributed by atoms with E-state index in [1.54, 1.807) is 30.7 Å². The number of hydrogen-bond donors (Lipinski definition) is 0. The smallest absolute Gasteiger partial charge is 0.338 e. The topological polar surface area (TPSA) is 79.1 Å². The van der Waals surface area contributed by atoms with E-state index < -0.39 is 12.0 Å². The van der Waals surface area contributed by atoms with Crippen LogP contribution in [-0.2, 0) is 16.1 Å². The lowest BCUT2D eigenvalue weighted by molar-refractivity contribution is -0.138. The highest BCUT2D eigenvalue weighted by Gasteiger charge is 2.35. The zero-order valence-corrected chi connectivity index (χ0v) is 32.2. The summed E-state index contributed by atoms with van der Waals surface area (Å²) in [6.07, 6.45) is 1.84. The molecule has 0 N–H and O–H groups in total. The molecule has 1 aliphatic heterocycles. The predicted molar refractivity (Wildman–Crippen MR) is 207 cm³/mol. The number of hydrogen-bond acceptors (Lipinski definition) is 7. The van der Waals surface area contributed by atoms with Crippen molar-refractivity contribution in [3.05, 3.63) is 150 Å². The Morgan fingerprint density at radius 1 is 1.00 bits per heavy atom. The number of fused-ring (bicyclic) bond motifs is 1. The van der Waals surface area contributed by atoms with E-state index in [4.69, 9.17) is 42.4 Å². The Labute approximate surface area is 317 Å². The van der Waals surface area contributed by atoms with E-state index in [1.807, 2.05) is 78.9 Å². The van der Waals surface area contributed by atoms with Gasteiger partial charge in [0, 0.05) is 21.2 Å². The first-order valence-electron chi connectivity index (χ1n) is 14.7. The Balaban J connectivity index is 1.47. The number of carbonyl (C=O) groups excluding carboxylic acids is 1. The molecule has 244 valence electrons. The van der Waals surface area contributed by atoms with Gasteiger partial charge in [-0.1, -0.05) is 83.1 Å². The molecule has 12 heteroatoms. The summed E-state index contributed by atoms with van der Waals surface area (Å²) in [6.45, 7) is 2.20. The van der Waals surface area contributed by atoms with Crippen molar-refractivity contribution in [1.82, 2.24) is 4.57 Å². The third kappa shape index (κ3) is 7.23. The third-order valence-corrected chi connectivity index (χ3v) is 10.7. The molecule has 0 spiro atoms. The van der Waals surface area contributed by atoms with Crippen molar-refractivity contribution < 1.29 is 19.0 Å². The molecule has 1 atom stereocenters. The molecule has 0 radical (unpaired) electrons. The number of benzene rings is 4. The molecule has 1 aliphatic rings. The molecule has 0 unspecified atom stereocenters. The van der Waals surface area contributed by atoms with Crippen molar-refractivity contribution in [2.45, 2.75) is 19.6 Å². The van der Waals surface area contributed by atoms with Crippen molar-refractivity contribution >= 4 is 97.5 Å². The van der Waals surface area contributed by atoms with Crippen molar-refractivity contribution in [2.24, 2.45) is 4.99 Å². The summed E-state index contributed by atoms with van der Waals surface area (Å²) in [5, 5.41) is 1.10. The minimum absolute atomic E-state index is 0.174. The number of esters is 1. The van der Waals surface area contributed by atoms with E-state index >= 15 is 0 Å². The van der Waals surface area contributed by atoms with Gasteiger partial charge < -0.3 is 14.2 Å². The molecule has 0 bridgehead atoms. The van der Waals surface area contributed by atoms with Crippen molar-refractivity contribution in [2.75, 3.05) is 13.7 Å². The molecule has 2 heterocycles. The van der Waals surface area contributed by atoms with E-state index in [-0.39, 0.29) is 18.8 Å². The van der Waals surface area contributed by atoms with Crippen LogP contribution in [0.4, 0.5) is 0 Å². The zero-order chi connectivity index (χ0) is 33.9. The molecular formula is C36H26Cl2I2N2O5S. The number of ether oxygens (including phenoxy) is 3. The van der Waals surface area contributed by atoms with Gasteiger partial charge in [-0.15, -0.1) is 0 Å². The minimum atomic E-state index is -0.778. The summed E-state index contributed by atoms with van der Waals surface area (Å²) in [7, 11) is 1.59. The standard InChI is InChI=1S/C36H26Cl2I2N2O5S/c1-3-46-35(44)30-31(21-7-5-4-6-8-21)41-36-42(32(30)22-10-13-25(45-2)14-11-22)34(43)29(48-36)17-20-15-27(39)33(28(40)16-20)47-19-23-9-12-24(37)18-26(23)38/h4-18,32H,3,19H2,1-2H3/b29-17-/t32-/m0/s1. The van der Waals surface area contributed by atoms with E-state index in [2.05, 4.69) is 45.2 Å². The van der Waals surface area contributed by atoms with Crippen LogP contribution in [0, 0.1) is 7.14 Å². The Morgan fingerprint density at radius 2 is 1.71 bits per heavy atom. The number of halogens is 4. The van der Waals surface area contributed by atoms with E-state index in [0.717, 1.165) is 29.4 Å². The summed E-state index contributed by atoms with van der Waals surface area (Å²) in [5.41, 5.74) is 3.60. The molecule has 0 saturated heterocycles. The number of aromatic nitrogens is 1. The summed E-state index contributed by atoms with van der Waals surface area (Å²) in [5.74, 6) is 0.839. The number of rotatable bonds is 9. The lowest BCUT2D eigenvalue weighted by Gasteiger charge is -2.26. The van der Waals surface area contributed by atoms with Gasteiger partial charge in [0.05, 0.1) is 42.7 Å². The molecule has 0 amide bonds. The SMILES string of the molecule is CCOC(=O)C1=C(c2ccccc2)N=c2s/c(=C\c3cc(I)c(OCc4ccc(Cl)cc4Cl)c(I)c3)c(=O)n2[C@H]1c1ccc(OC)cc1. The number of carbonyl (C=O) groups is 1. The molecule has 6 rings (SSSR count). The average Bonchev–Trinajstić information content (AvgIpc) is 3.38. The first kappa shape index (κ1) is 34.7. The Kier molecular flexibility index (Phi) is 11.0. The molecule has 0 saturated carbocycles. The van der Waals surface area contributed by atoms with Crippen LogP contribution in [0.25, 0.3) is 11.8 Å². The summed E-state index contributed by atoms with van der Waals surface area (Å²) in [4.78, 5) is 33.4. The van der Waals surface area contributed by atoms with Gasteiger partial charge >= 0.3 is 5.97 Å². The minimum Gasteiger partial charge on any atom is -0.497 e. The van der Waals surface area contributed by atoms with Gasteiger partial charge in [-0.2, -0.15) is 0 Å². The van der Waals surface area contributed by atoms with Crippen LogP contribution in [0.5, 0.6) is 11.5 Å². The maximum Gasteiger partial charge on any atom is 0.338 e. The maximum absolute atomic E-state index is 14.3. The van der Waals surface area contributed by atoms with Crippen LogP contribution in [0.3, 0.4) is 0 Å². The number of nitrogens with zero attached hydrogens (tertiary/aromatic N) is 2. The fourth-order valence-corrected chi connectivity index (χ4v) is 8.87. The van der Waals surface area contributed by atoms with Crippen LogP contribution in [0.1, 0.15) is 35.2 Å². The first-order valence-corrected chi connectivity index (χ1v) is 18.4. The number of methoxy groups -OCH3 is 1. The van der Waals surface area contributed by atoms with Gasteiger partial charge in [-0.25, -0.2) is 9.79 Å². The molecular weight excluding hydrogens is 897 g/mol. The fourth-order valence-electron chi connectivity index (χ4n) is 5.28. The second kappa shape index (κ2) is 15.2. The van der Waals surface area contributed by atoms with E-state index in [0.29, 0.717) is 42.1 Å². The van der Waals surface area contributed by atoms with Crippen LogP contribution >= 0.6 is 79.7 Å². The molecule has 0 aliphatic carbocycles. The summed E-state index contributed by atoms with van der Waals surface area (Å²) < 4.78 is 20.9. The Bertz CT molecular complexity index is 2210. The molecule has 4 aromatic carbocycles. The average molecular weight is 923 g/mol. The molecule has 48 heavy (non-hydrogen) atoms. The Morgan fingerprint density at radius 3 is 2.35 bits per heavy atom. The highest BCUT2D eigenvalue weighted by Crippen LogP contribution is 2.36. The van der Waals surface area contributed by atoms with Gasteiger partial charge in [0.25, 0.3) is 5.56 Å². The van der Waals surface area contributed by atoms with Crippen molar-refractivity contribution in [3.8, 4) is 11.5 Å². The lowest BCUT2D eigenvalue weighted by Crippen LogP contribution is -2.40. The van der Waals surface area contributed by atoms with E-state index in [1.165, 1.54) is 11.3 Å². The van der Waals surface area contributed by atoms with Crippen LogP contribution in [0.15, 0.2) is 100 Å². The van der Waals surface area contributed by atoms with Crippen LogP contribution in [0.2, 0.25) is 10.0 Å². The monoisotopic (exact) mass is 922 g/mol. The third-order valence-electron chi connectivity index (χ3n) is 7.51. The highest BCUT2D eigenvalue weighted by atomic mass is 127. The fraction of sp³-hybridized carbons (Fsp3) is 0.139. The van der Waals surface area contributed by atoms with Crippen molar-refractivity contribution in [3.63, 3.8) is 0 Å². The summed E-state index contributed by atoms with van der Waals surface area (Å²) >= 11 is 18.1. The van der Waals surface area contributed by atoms with Gasteiger partial charge in [0.1, 0.15) is 18.1 Å². The van der Waals surface area contributed by atoms with Crippen LogP contribution in [-0.4, -0.2) is 24.3 Å². The lowest BCUT2D eigenvalue weighted by atomic mass is 9.93. The molecule has 1 aromatic heterocycles.